The maximum absolute atomic E-state index is 4.71. The lowest BCUT2D eigenvalue weighted by Gasteiger charge is -2.25. The lowest BCUT2D eigenvalue weighted by atomic mass is 9.99. The summed E-state index contributed by atoms with van der Waals surface area (Å²) in [6.45, 7) is 8.11. The van der Waals surface area contributed by atoms with Gasteiger partial charge < -0.3 is 15.5 Å². The molecule has 1 aromatic heterocycles. The summed E-state index contributed by atoms with van der Waals surface area (Å²) >= 11 is 0. The van der Waals surface area contributed by atoms with Crippen molar-refractivity contribution in [2.75, 3.05) is 30.9 Å². The Morgan fingerprint density at radius 3 is 2.97 bits per heavy atom. The van der Waals surface area contributed by atoms with Gasteiger partial charge in [0.25, 0.3) is 0 Å². The summed E-state index contributed by atoms with van der Waals surface area (Å²) in [5.41, 5.74) is 4.85. The Kier molecular flexibility index (Phi) is 5.76. The van der Waals surface area contributed by atoms with Crippen LogP contribution in [0.5, 0.6) is 0 Å². The largest absolute Gasteiger partial charge is 0.366 e. The molecule has 4 rings (SSSR count). The molecule has 0 atom stereocenters. The summed E-state index contributed by atoms with van der Waals surface area (Å²) in [4.78, 5) is 10.9. The fraction of sp³-hybridized carbons (Fsp3) is 0.409. The van der Waals surface area contributed by atoms with Crippen molar-refractivity contribution in [3.63, 3.8) is 0 Å². The first-order valence-electron chi connectivity index (χ1n) is 10.2. The minimum Gasteiger partial charge on any atom is -0.366 e. The van der Waals surface area contributed by atoms with E-state index >= 15 is 0 Å². The van der Waals surface area contributed by atoms with Crippen molar-refractivity contribution >= 4 is 24.1 Å². The lowest BCUT2D eigenvalue weighted by molar-refractivity contribution is 0.313. The molecule has 0 amide bonds. The van der Waals surface area contributed by atoms with E-state index in [9.17, 15) is 0 Å². The van der Waals surface area contributed by atoms with Crippen LogP contribution >= 0.6 is 0 Å². The van der Waals surface area contributed by atoms with Crippen LogP contribution in [0.3, 0.4) is 0 Å². The summed E-state index contributed by atoms with van der Waals surface area (Å²) in [6, 6.07) is 9.13. The number of anilines is 2. The molecule has 1 saturated carbocycles. The molecular weight excluding hydrogens is 362 g/mol. The SMILES string of the molecule is C=N/C=C(C)\C(=N/CNc1ccc2c(c1)CCN(C)C2)Nc1ccn(C2CC2)n1. The number of fused-ring (bicyclic) bond motifs is 1. The molecule has 2 aromatic rings. The Labute approximate surface area is 172 Å². The molecule has 0 bridgehead atoms. The third kappa shape index (κ3) is 4.92. The number of benzene rings is 1. The van der Waals surface area contributed by atoms with E-state index in [0.717, 1.165) is 42.4 Å². The van der Waals surface area contributed by atoms with Crippen LogP contribution in [0.15, 0.2) is 52.2 Å². The van der Waals surface area contributed by atoms with Crippen molar-refractivity contribution < 1.29 is 0 Å². The van der Waals surface area contributed by atoms with Gasteiger partial charge in [0.1, 0.15) is 12.5 Å². The Bertz CT molecular complexity index is 936. The van der Waals surface area contributed by atoms with Gasteiger partial charge in [0.15, 0.2) is 5.82 Å². The number of nitrogens with one attached hydrogen (secondary N) is 2. The molecular formula is C22H29N7. The van der Waals surface area contributed by atoms with Gasteiger partial charge in [0, 0.05) is 42.8 Å². The quantitative estimate of drug-likeness (QED) is 0.558. The van der Waals surface area contributed by atoms with Gasteiger partial charge in [-0.1, -0.05) is 6.07 Å². The number of rotatable bonds is 7. The number of hydrogen-bond acceptors (Lipinski definition) is 5. The van der Waals surface area contributed by atoms with Crippen molar-refractivity contribution in [1.82, 2.24) is 14.7 Å². The molecule has 29 heavy (non-hydrogen) atoms. The molecule has 1 aliphatic carbocycles. The summed E-state index contributed by atoms with van der Waals surface area (Å²) in [5.74, 6) is 1.54. The molecule has 0 spiro atoms. The highest BCUT2D eigenvalue weighted by Crippen LogP contribution is 2.34. The summed E-state index contributed by atoms with van der Waals surface area (Å²) < 4.78 is 2.02. The van der Waals surface area contributed by atoms with Gasteiger partial charge in [0.05, 0.1) is 6.04 Å². The van der Waals surface area contributed by atoms with Gasteiger partial charge in [-0.2, -0.15) is 5.10 Å². The van der Waals surface area contributed by atoms with Crippen molar-refractivity contribution in [2.45, 2.75) is 38.8 Å². The van der Waals surface area contributed by atoms with Gasteiger partial charge in [-0.3, -0.25) is 9.67 Å². The van der Waals surface area contributed by atoms with Crippen LogP contribution in [0.25, 0.3) is 0 Å². The first kappa shape index (κ1) is 19.4. The Hall–Kier alpha value is -2.93. The fourth-order valence-corrected chi connectivity index (χ4v) is 3.54. The molecule has 0 saturated heterocycles. The van der Waals surface area contributed by atoms with Crippen LogP contribution in [0.4, 0.5) is 11.5 Å². The van der Waals surface area contributed by atoms with Gasteiger partial charge in [-0.05, 0) is 63.2 Å². The third-order valence-electron chi connectivity index (χ3n) is 5.36. The first-order chi connectivity index (χ1) is 14.1. The normalized spacial score (nSPS) is 17.7. The minimum atomic E-state index is 0.465. The molecule has 0 unspecified atom stereocenters. The highest BCUT2D eigenvalue weighted by molar-refractivity contribution is 6.07. The Morgan fingerprint density at radius 2 is 2.17 bits per heavy atom. The van der Waals surface area contributed by atoms with E-state index in [-0.39, 0.29) is 0 Å². The van der Waals surface area contributed by atoms with E-state index in [1.54, 1.807) is 6.20 Å². The number of likely N-dealkylation sites (N-methyl/N-ethyl adjacent to an activating group) is 1. The Morgan fingerprint density at radius 1 is 1.31 bits per heavy atom. The number of aliphatic imine (C=N–C) groups is 2. The van der Waals surface area contributed by atoms with Crippen LogP contribution in [0.1, 0.15) is 36.9 Å². The lowest BCUT2D eigenvalue weighted by Crippen LogP contribution is -2.26. The maximum Gasteiger partial charge on any atom is 0.153 e. The van der Waals surface area contributed by atoms with Gasteiger partial charge >= 0.3 is 0 Å². The first-order valence-corrected chi connectivity index (χ1v) is 10.2. The predicted octanol–water partition coefficient (Wildman–Crippen LogP) is 3.69. The highest BCUT2D eigenvalue weighted by Gasteiger charge is 2.24. The molecule has 0 radical (unpaired) electrons. The van der Waals surface area contributed by atoms with Crippen LogP contribution < -0.4 is 10.6 Å². The van der Waals surface area contributed by atoms with Gasteiger partial charge in [-0.25, -0.2) is 4.99 Å². The molecule has 7 heteroatoms. The molecule has 2 aliphatic rings. The summed E-state index contributed by atoms with van der Waals surface area (Å²) in [7, 11) is 2.17. The average Bonchev–Trinajstić information content (AvgIpc) is 3.46. The van der Waals surface area contributed by atoms with E-state index in [1.165, 1.54) is 24.0 Å². The van der Waals surface area contributed by atoms with E-state index in [1.807, 2.05) is 23.9 Å². The highest BCUT2D eigenvalue weighted by atomic mass is 15.3. The number of aromatic nitrogens is 2. The van der Waals surface area contributed by atoms with Gasteiger partial charge in [0.2, 0.25) is 0 Å². The second kappa shape index (κ2) is 8.61. The van der Waals surface area contributed by atoms with E-state index in [2.05, 4.69) is 57.6 Å². The summed E-state index contributed by atoms with van der Waals surface area (Å²) in [5, 5.41) is 11.3. The molecule has 1 fully saturated rings. The topological polar surface area (TPSA) is 69.8 Å². The van der Waals surface area contributed by atoms with Gasteiger partial charge in [-0.15, -0.1) is 0 Å². The molecule has 7 nitrogen and oxygen atoms in total. The van der Waals surface area contributed by atoms with Crippen molar-refractivity contribution in [3.05, 3.63) is 53.4 Å². The smallest absolute Gasteiger partial charge is 0.153 e. The van der Waals surface area contributed by atoms with E-state index < -0.39 is 0 Å². The average molecular weight is 392 g/mol. The zero-order valence-electron chi connectivity index (χ0n) is 17.2. The number of nitrogens with zero attached hydrogens (tertiary/aromatic N) is 5. The zero-order chi connectivity index (χ0) is 20.2. The monoisotopic (exact) mass is 391 g/mol. The number of hydrogen-bond donors (Lipinski definition) is 2. The zero-order valence-corrected chi connectivity index (χ0v) is 17.2. The van der Waals surface area contributed by atoms with Crippen LogP contribution in [0, 0.1) is 0 Å². The Balaban J connectivity index is 1.43. The number of amidine groups is 1. The second-order valence-electron chi connectivity index (χ2n) is 7.84. The van der Waals surface area contributed by atoms with E-state index in [0.29, 0.717) is 12.7 Å². The molecule has 2 N–H and O–H groups in total. The second-order valence-corrected chi connectivity index (χ2v) is 7.84. The van der Waals surface area contributed by atoms with Crippen LogP contribution in [-0.4, -0.2) is 47.5 Å². The third-order valence-corrected chi connectivity index (χ3v) is 5.36. The molecule has 152 valence electrons. The predicted molar refractivity (Wildman–Crippen MR) is 120 cm³/mol. The minimum absolute atomic E-state index is 0.465. The van der Waals surface area contributed by atoms with Crippen LogP contribution in [-0.2, 0) is 13.0 Å². The molecule has 1 aromatic carbocycles. The summed E-state index contributed by atoms with van der Waals surface area (Å²) in [6.07, 6.45) is 7.24. The van der Waals surface area contributed by atoms with Crippen molar-refractivity contribution in [1.29, 1.82) is 0 Å². The maximum atomic E-state index is 4.71. The fourth-order valence-electron chi connectivity index (χ4n) is 3.54. The van der Waals surface area contributed by atoms with Crippen LogP contribution in [0.2, 0.25) is 0 Å². The molecule has 1 aliphatic heterocycles. The molecule has 2 heterocycles. The van der Waals surface area contributed by atoms with E-state index in [4.69, 9.17) is 4.99 Å². The standard InChI is InChI=1S/C22H29N7/c1-16(13-23-2)22(26-21-9-11-29(27-21)20-6-7-20)25-15-24-19-5-4-18-14-28(3)10-8-17(18)12-19/h4-5,9,11-13,20,24H,2,6-8,10,14-15H2,1,3H3,(H,25,26,27)/b16-13-. The van der Waals surface area contributed by atoms with Crippen molar-refractivity contribution in [2.24, 2.45) is 9.98 Å². The van der Waals surface area contributed by atoms with Crippen molar-refractivity contribution in [3.8, 4) is 0 Å².